The van der Waals surface area contributed by atoms with Crippen molar-refractivity contribution in [3.8, 4) is 0 Å². The van der Waals surface area contributed by atoms with Crippen LogP contribution < -0.4 is 0 Å². The second-order valence-corrected chi connectivity index (χ2v) is 31.7. The van der Waals surface area contributed by atoms with Crippen LogP contribution >= 0.6 is 15.6 Å². The van der Waals surface area contributed by atoms with Crippen LogP contribution in [0.15, 0.2) is 0 Å². The Kier molecular flexibility index (Phi) is 64.0. The van der Waals surface area contributed by atoms with Crippen molar-refractivity contribution in [2.24, 2.45) is 23.7 Å². The van der Waals surface area contributed by atoms with Crippen LogP contribution in [0.5, 0.6) is 0 Å². The number of unbranched alkanes of at least 4 members (excludes halogenated alkanes) is 37. The Labute approximate surface area is 581 Å². The van der Waals surface area contributed by atoms with Crippen molar-refractivity contribution in [1.82, 2.24) is 0 Å². The molecule has 0 rings (SSSR count). The maximum atomic E-state index is 13.1. The highest BCUT2D eigenvalue weighted by molar-refractivity contribution is 7.47. The van der Waals surface area contributed by atoms with Crippen molar-refractivity contribution >= 4 is 39.5 Å². The van der Waals surface area contributed by atoms with E-state index in [1.807, 2.05) is 0 Å². The van der Waals surface area contributed by atoms with Crippen LogP contribution in [-0.4, -0.2) is 96.7 Å². The molecule has 3 N–H and O–H groups in total. The van der Waals surface area contributed by atoms with Gasteiger partial charge < -0.3 is 33.8 Å². The number of aliphatic hydroxyl groups is 1. The van der Waals surface area contributed by atoms with Gasteiger partial charge in [-0.2, -0.15) is 0 Å². The Balaban J connectivity index is 5.24. The third kappa shape index (κ3) is 67.6. The lowest BCUT2D eigenvalue weighted by molar-refractivity contribution is -0.161. The Morgan fingerprint density at radius 1 is 0.295 bits per heavy atom. The van der Waals surface area contributed by atoms with Gasteiger partial charge in [-0.1, -0.05) is 331 Å². The molecule has 0 heterocycles. The van der Waals surface area contributed by atoms with Crippen LogP contribution in [0, 0.1) is 23.7 Å². The maximum absolute atomic E-state index is 13.1. The first-order valence-corrected chi connectivity index (χ1v) is 42.3. The highest BCUT2D eigenvalue weighted by Gasteiger charge is 2.30. The first-order chi connectivity index (χ1) is 45.7. The number of rotatable bonds is 73. The molecule has 0 amide bonds. The molecule has 0 aromatic carbocycles. The second kappa shape index (κ2) is 65.4. The third-order valence-corrected chi connectivity index (χ3v) is 20.2. The molecule has 0 aliphatic carbocycles. The van der Waals surface area contributed by atoms with Gasteiger partial charge in [-0.3, -0.25) is 37.3 Å². The van der Waals surface area contributed by atoms with E-state index in [-0.39, 0.29) is 25.7 Å². The molecule has 0 radical (unpaired) electrons. The minimum absolute atomic E-state index is 0.105. The van der Waals surface area contributed by atoms with Crippen LogP contribution in [-0.2, 0) is 65.4 Å². The molecule has 0 spiro atoms. The Bertz CT molecular complexity index is 1870. The summed E-state index contributed by atoms with van der Waals surface area (Å²) in [5, 5.41) is 10.6. The normalized spacial score (nSPS) is 14.7. The van der Waals surface area contributed by atoms with Gasteiger partial charge in [0.1, 0.15) is 19.3 Å². The van der Waals surface area contributed by atoms with Crippen molar-refractivity contribution < 1.29 is 80.2 Å². The third-order valence-electron chi connectivity index (χ3n) is 18.3. The van der Waals surface area contributed by atoms with E-state index in [4.69, 9.17) is 37.0 Å². The van der Waals surface area contributed by atoms with Crippen molar-refractivity contribution in [3.05, 3.63) is 0 Å². The zero-order chi connectivity index (χ0) is 70.3. The summed E-state index contributed by atoms with van der Waals surface area (Å²) in [5.41, 5.74) is 0. The predicted molar refractivity (Wildman–Crippen MR) is 386 cm³/mol. The Morgan fingerprint density at radius 3 is 0.747 bits per heavy atom. The molecule has 564 valence electrons. The van der Waals surface area contributed by atoms with Gasteiger partial charge in [0.2, 0.25) is 0 Å². The number of esters is 4. The fourth-order valence-corrected chi connectivity index (χ4v) is 13.1. The number of aliphatic hydroxyl groups excluding tert-OH is 1. The molecule has 0 bridgehead atoms. The molecule has 0 fully saturated rings. The maximum Gasteiger partial charge on any atom is 0.472 e. The van der Waals surface area contributed by atoms with E-state index in [2.05, 4.69) is 55.4 Å². The number of hydrogen-bond acceptors (Lipinski definition) is 15. The molecule has 0 aromatic rings. The van der Waals surface area contributed by atoms with E-state index in [1.54, 1.807) is 0 Å². The molecule has 7 atom stereocenters. The number of carbonyl (C=O) groups excluding carboxylic acids is 4. The van der Waals surface area contributed by atoms with E-state index < -0.39 is 97.5 Å². The molecule has 95 heavy (non-hydrogen) atoms. The van der Waals surface area contributed by atoms with Gasteiger partial charge in [-0.05, 0) is 49.4 Å². The topological polar surface area (TPSA) is 237 Å². The summed E-state index contributed by atoms with van der Waals surface area (Å²) in [4.78, 5) is 72.8. The Morgan fingerprint density at radius 2 is 0.505 bits per heavy atom. The van der Waals surface area contributed by atoms with Crippen molar-refractivity contribution in [3.63, 3.8) is 0 Å². The van der Waals surface area contributed by atoms with E-state index in [0.29, 0.717) is 25.7 Å². The number of carbonyl (C=O) groups is 4. The van der Waals surface area contributed by atoms with E-state index in [9.17, 15) is 43.2 Å². The highest BCUT2D eigenvalue weighted by atomic mass is 31.2. The zero-order valence-electron chi connectivity index (χ0n) is 62.3. The quantitative estimate of drug-likeness (QED) is 0.0222. The first kappa shape index (κ1) is 93.1. The van der Waals surface area contributed by atoms with Crippen molar-refractivity contribution in [2.75, 3.05) is 39.6 Å². The molecular weight excluding hydrogens is 1250 g/mol. The smallest absolute Gasteiger partial charge is 0.462 e. The summed E-state index contributed by atoms with van der Waals surface area (Å²) in [7, 11) is -9.91. The summed E-state index contributed by atoms with van der Waals surface area (Å²) in [6, 6.07) is 0. The van der Waals surface area contributed by atoms with Crippen LogP contribution in [0.4, 0.5) is 0 Å². The number of phosphoric acid groups is 2. The lowest BCUT2D eigenvalue weighted by Crippen LogP contribution is -2.30. The first-order valence-electron chi connectivity index (χ1n) is 39.3. The standard InChI is InChI=1S/C76H148O17P2/c1-9-68(7)54-46-38-30-26-27-33-43-51-59-76(81)93-71(62-86-73(78)56-48-40-31-24-20-16-12-11-14-18-22-28-36-44-52-66(3)4)64-90-94(82,83)88-60-70(77)61-89-95(84,85)91-65-72(63-87-74(79)57-49-41-35-34-39-47-55-69(8)10-2)92-75(80)58-50-42-32-25-21-17-13-15-19-23-29-37-45-53-67(5)6/h66-72,77H,9-65H2,1-8H3,(H,82,83)(H,84,85)/t68?,69?,70-,71-,72-/m1/s1. The largest absolute Gasteiger partial charge is 0.472 e. The molecule has 0 aliphatic heterocycles. The molecule has 0 aliphatic rings. The van der Waals surface area contributed by atoms with Gasteiger partial charge in [0.05, 0.1) is 26.4 Å². The number of phosphoric ester groups is 2. The average Bonchev–Trinajstić information content (AvgIpc) is 1.82. The zero-order valence-corrected chi connectivity index (χ0v) is 64.1. The van der Waals surface area contributed by atoms with Gasteiger partial charge in [-0.25, -0.2) is 9.13 Å². The lowest BCUT2D eigenvalue weighted by Gasteiger charge is -2.21. The van der Waals surface area contributed by atoms with E-state index >= 15 is 0 Å². The van der Waals surface area contributed by atoms with Gasteiger partial charge in [0, 0.05) is 25.7 Å². The highest BCUT2D eigenvalue weighted by Crippen LogP contribution is 2.45. The fourth-order valence-electron chi connectivity index (χ4n) is 11.5. The van der Waals surface area contributed by atoms with Crippen LogP contribution in [0.25, 0.3) is 0 Å². The van der Waals surface area contributed by atoms with Crippen LogP contribution in [0.3, 0.4) is 0 Å². The van der Waals surface area contributed by atoms with Gasteiger partial charge in [0.15, 0.2) is 12.2 Å². The predicted octanol–water partition coefficient (Wildman–Crippen LogP) is 22.0. The molecular formula is C76H148O17P2. The lowest BCUT2D eigenvalue weighted by atomic mass is 9.99. The van der Waals surface area contributed by atoms with Gasteiger partial charge in [0.25, 0.3) is 0 Å². The molecule has 0 saturated carbocycles. The van der Waals surface area contributed by atoms with Crippen LogP contribution in [0.1, 0.15) is 383 Å². The fraction of sp³-hybridized carbons (Fsp3) is 0.947. The number of hydrogen-bond donors (Lipinski definition) is 3. The average molecular weight is 1400 g/mol. The molecule has 4 unspecified atom stereocenters. The Hall–Kier alpha value is -1.94. The van der Waals surface area contributed by atoms with E-state index in [1.165, 1.54) is 180 Å². The van der Waals surface area contributed by atoms with Gasteiger partial charge in [-0.15, -0.1) is 0 Å². The second-order valence-electron chi connectivity index (χ2n) is 28.8. The van der Waals surface area contributed by atoms with Crippen molar-refractivity contribution in [2.45, 2.75) is 401 Å². The SMILES string of the molecule is CCC(C)CCCCCCCCCCC(=O)O[C@H](COC(=O)CCCCCCCCCCCCCCCCC(C)C)COP(=O)(O)OC[C@@H](O)COP(=O)(O)OC[C@@H](COC(=O)CCCCCCCCC(C)CC)OC(=O)CCCCCCCCCCCCCCCC(C)C. The summed E-state index contributed by atoms with van der Waals surface area (Å²) < 4.78 is 68.5. The molecule has 0 saturated heterocycles. The molecule has 0 aromatic heterocycles. The van der Waals surface area contributed by atoms with Gasteiger partial charge >= 0.3 is 39.5 Å². The van der Waals surface area contributed by atoms with Crippen LogP contribution in [0.2, 0.25) is 0 Å². The summed E-state index contributed by atoms with van der Waals surface area (Å²) in [6.07, 6.45) is 49.9. The van der Waals surface area contributed by atoms with E-state index in [0.717, 1.165) is 120 Å². The summed E-state index contributed by atoms with van der Waals surface area (Å²) in [5.74, 6) is 0.963. The minimum Gasteiger partial charge on any atom is -0.462 e. The molecule has 19 heteroatoms. The summed E-state index contributed by atoms with van der Waals surface area (Å²) >= 11 is 0. The monoisotopic (exact) mass is 1400 g/mol. The summed E-state index contributed by atoms with van der Waals surface area (Å²) in [6.45, 7) is 14.2. The molecule has 17 nitrogen and oxygen atoms in total. The minimum atomic E-state index is -4.96. The van der Waals surface area contributed by atoms with Crippen molar-refractivity contribution in [1.29, 1.82) is 0 Å². The number of ether oxygens (including phenoxy) is 4.